The molecule has 2 aliphatic rings. The summed E-state index contributed by atoms with van der Waals surface area (Å²) in [6, 6.07) is 17.4. The molecule has 1 amide bonds. The van der Waals surface area contributed by atoms with Crippen LogP contribution in [0.3, 0.4) is 0 Å². The van der Waals surface area contributed by atoms with E-state index >= 15 is 0 Å². The number of piperidine rings is 1. The van der Waals surface area contributed by atoms with E-state index in [2.05, 4.69) is 4.90 Å². The van der Waals surface area contributed by atoms with Crippen molar-refractivity contribution in [1.29, 1.82) is 5.26 Å². The molecule has 2 aliphatic heterocycles. The Bertz CT molecular complexity index is 1180. The van der Waals surface area contributed by atoms with Gasteiger partial charge in [-0.05, 0) is 38.1 Å². The van der Waals surface area contributed by atoms with E-state index in [0.29, 0.717) is 26.2 Å². The summed E-state index contributed by atoms with van der Waals surface area (Å²) in [7, 11) is -3.79. The molecule has 0 atom stereocenters. The highest BCUT2D eigenvalue weighted by Crippen LogP contribution is 2.23. The van der Waals surface area contributed by atoms with E-state index in [-0.39, 0.29) is 47.7 Å². The minimum Gasteiger partial charge on any atom is -0.339 e. The van der Waals surface area contributed by atoms with Crippen LogP contribution in [0.2, 0.25) is 0 Å². The van der Waals surface area contributed by atoms with Crippen LogP contribution in [0.1, 0.15) is 28.8 Å². The predicted octanol–water partition coefficient (Wildman–Crippen LogP) is 1.99. The molecule has 0 aromatic heterocycles. The van der Waals surface area contributed by atoms with E-state index in [4.69, 9.17) is 0 Å². The lowest BCUT2D eigenvalue weighted by atomic mass is 9.89. The van der Waals surface area contributed by atoms with Crippen LogP contribution in [0.15, 0.2) is 59.5 Å². The summed E-state index contributed by atoms with van der Waals surface area (Å²) in [6.07, 6.45) is 1.46. The molecule has 2 aromatic carbocycles. The number of Topliss-reactive ketones (excluding diaryl/α,β-unsaturated/α-hetero) is 1. The number of piperazine rings is 1. The molecule has 0 N–H and O–H groups in total. The Kier molecular flexibility index (Phi) is 7.41. The fraction of sp³-hybridized carbons (Fsp3) is 0.400. The summed E-state index contributed by atoms with van der Waals surface area (Å²) < 4.78 is 27.3. The molecule has 178 valence electrons. The number of hydrogen-bond acceptors (Lipinski definition) is 6. The second-order valence-electron chi connectivity index (χ2n) is 8.67. The molecule has 9 heteroatoms. The van der Waals surface area contributed by atoms with Gasteiger partial charge in [-0.25, -0.2) is 8.42 Å². The maximum absolute atomic E-state index is 13.0. The average Bonchev–Trinajstić information content (AvgIpc) is 2.89. The van der Waals surface area contributed by atoms with Gasteiger partial charge in [0, 0.05) is 37.7 Å². The van der Waals surface area contributed by atoms with Crippen molar-refractivity contribution >= 4 is 21.7 Å². The predicted molar refractivity (Wildman–Crippen MR) is 126 cm³/mol. The number of amides is 1. The maximum atomic E-state index is 13.0. The number of nitrogens with zero attached hydrogens (tertiary/aromatic N) is 4. The van der Waals surface area contributed by atoms with Crippen molar-refractivity contribution in [3.8, 4) is 6.07 Å². The number of ketones is 1. The molecule has 0 saturated carbocycles. The van der Waals surface area contributed by atoms with E-state index in [1.165, 1.54) is 16.4 Å². The van der Waals surface area contributed by atoms with Gasteiger partial charge in [-0.1, -0.05) is 42.5 Å². The van der Waals surface area contributed by atoms with Crippen molar-refractivity contribution in [2.75, 3.05) is 45.8 Å². The SMILES string of the molecule is N#Cc1ccccc1S(=O)(=O)N1CCN(C(=O)CN2CCC(C(=O)c3ccccc3)CC2)CC1. The van der Waals surface area contributed by atoms with Gasteiger partial charge in [0.2, 0.25) is 15.9 Å². The molecule has 34 heavy (non-hydrogen) atoms. The summed E-state index contributed by atoms with van der Waals surface area (Å²) in [5.74, 6) is 0.128. The lowest BCUT2D eigenvalue weighted by Crippen LogP contribution is -2.53. The number of likely N-dealkylation sites (tertiary alicyclic amines) is 1. The molecule has 8 nitrogen and oxygen atoms in total. The number of carbonyl (C=O) groups is 2. The third-order valence-electron chi connectivity index (χ3n) is 6.59. The van der Waals surface area contributed by atoms with Gasteiger partial charge in [-0.3, -0.25) is 14.5 Å². The van der Waals surface area contributed by atoms with Crippen LogP contribution in [-0.2, 0) is 14.8 Å². The Balaban J connectivity index is 1.27. The van der Waals surface area contributed by atoms with Gasteiger partial charge in [0.05, 0.1) is 17.0 Å². The summed E-state index contributed by atoms with van der Waals surface area (Å²) >= 11 is 0. The number of nitriles is 1. The Labute approximate surface area is 200 Å². The highest BCUT2D eigenvalue weighted by atomic mass is 32.2. The molecular formula is C25H28N4O4S. The topological polar surface area (TPSA) is 102 Å². The second-order valence-corrected chi connectivity index (χ2v) is 10.6. The molecule has 0 spiro atoms. The van der Waals surface area contributed by atoms with Crippen molar-refractivity contribution in [3.05, 3.63) is 65.7 Å². The number of carbonyl (C=O) groups excluding carboxylic acids is 2. The van der Waals surface area contributed by atoms with Crippen LogP contribution in [0, 0.1) is 17.2 Å². The summed E-state index contributed by atoms with van der Waals surface area (Å²) in [5, 5.41) is 9.25. The largest absolute Gasteiger partial charge is 0.339 e. The Morgan fingerprint density at radius 3 is 2.15 bits per heavy atom. The van der Waals surface area contributed by atoms with Crippen LogP contribution in [0.5, 0.6) is 0 Å². The first-order valence-corrected chi connectivity index (χ1v) is 12.9. The third-order valence-corrected chi connectivity index (χ3v) is 8.55. The zero-order valence-corrected chi connectivity index (χ0v) is 19.8. The highest BCUT2D eigenvalue weighted by molar-refractivity contribution is 7.89. The molecule has 0 radical (unpaired) electrons. The normalized spacial score (nSPS) is 18.4. The van der Waals surface area contributed by atoms with Crippen LogP contribution < -0.4 is 0 Å². The van der Waals surface area contributed by atoms with Crippen LogP contribution in [0.25, 0.3) is 0 Å². The molecule has 2 aromatic rings. The minimum atomic E-state index is -3.79. The first kappa shape index (κ1) is 24.1. The van der Waals surface area contributed by atoms with Crippen molar-refractivity contribution in [3.63, 3.8) is 0 Å². The van der Waals surface area contributed by atoms with Gasteiger partial charge in [-0.2, -0.15) is 9.57 Å². The zero-order valence-electron chi connectivity index (χ0n) is 19.0. The molecule has 2 heterocycles. The summed E-state index contributed by atoms with van der Waals surface area (Å²) in [5.41, 5.74) is 0.859. The molecule has 0 bridgehead atoms. The van der Waals surface area contributed by atoms with Crippen LogP contribution in [-0.4, -0.2) is 80.0 Å². The molecule has 0 aliphatic carbocycles. The number of sulfonamides is 1. The van der Waals surface area contributed by atoms with E-state index in [9.17, 15) is 23.3 Å². The molecule has 4 rings (SSSR count). The van der Waals surface area contributed by atoms with Gasteiger partial charge in [0.25, 0.3) is 0 Å². The van der Waals surface area contributed by atoms with Gasteiger partial charge >= 0.3 is 0 Å². The number of rotatable bonds is 6. The Morgan fingerprint density at radius 1 is 0.882 bits per heavy atom. The van der Waals surface area contributed by atoms with Crippen molar-refractivity contribution in [2.45, 2.75) is 17.7 Å². The van der Waals surface area contributed by atoms with Crippen LogP contribution in [0.4, 0.5) is 0 Å². The van der Waals surface area contributed by atoms with Crippen molar-refractivity contribution in [1.82, 2.24) is 14.1 Å². The number of benzene rings is 2. The second kappa shape index (κ2) is 10.5. The molecular weight excluding hydrogens is 452 g/mol. The lowest BCUT2D eigenvalue weighted by Gasteiger charge is -2.36. The first-order valence-electron chi connectivity index (χ1n) is 11.5. The maximum Gasteiger partial charge on any atom is 0.244 e. The summed E-state index contributed by atoms with van der Waals surface area (Å²) in [6.45, 7) is 2.67. The van der Waals surface area contributed by atoms with Gasteiger partial charge in [0.1, 0.15) is 6.07 Å². The standard InChI is InChI=1S/C25H28N4O4S/c26-18-22-8-4-5-9-23(22)34(32,33)29-16-14-28(15-17-29)24(30)19-27-12-10-21(11-13-27)25(31)20-6-2-1-3-7-20/h1-9,21H,10-17,19H2. The van der Waals surface area contributed by atoms with Crippen molar-refractivity contribution in [2.24, 2.45) is 5.92 Å². The monoisotopic (exact) mass is 480 g/mol. The summed E-state index contributed by atoms with van der Waals surface area (Å²) in [4.78, 5) is 29.3. The smallest absolute Gasteiger partial charge is 0.244 e. The minimum absolute atomic E-state index is 0.00481. The van der Waals surface area contributed by atoms with E-state index < -0.39 is 10.0 Å². The van der Waals surface area contributed by atoms with E-state index in [1.807, 2.05) is 36.4 Å². The Hall–Kier alpha value is -3.06. The Morgan fingerprint density at radius 2 is 1.50 bits per heavy atom. The average molecular weight is 481 g/mol. The fourth-order valence-electron chi connectivity index (χ4n) is 4.58. The molecule has 2 fully saturated rings. The van der Waals surface area contributed by atoms with Gasteiger partial charge < -0.3 is 4.90 Å². The van der Waals surface area contributed by atoms with Crippen LogP contribution >= 0.6 is 0 Å². The van der Waals surface area contributed by atoms with Gasteiger partial charge in [-0.15, -0.1) is 0 Å². The fourth-order valence-corrected chi connectivity index (χ4v) is 6.15. The third kappa shape index (κ3) is 5.20. The first-order chi connectivity index (χ1) is 16.4. The van der Waals surface area contributed by atoms with Crippen molar-refractivity contribution < 1.29 is 18.0 Å². The quantitative estimate of drug-likeness (QED) is 0.586. The highest BCUT2D eigenvalue weighted by Gasteiger charge is 2.33. The zero-order chi connectivity index (χ0) is 24.1. The van der Waals surface area contributed by atoms with E-state index in [0.717, 1.165) is 18.4 Å². The van der Waals surface area contributed by atoms with E-state index in [1.54, 1.807) is 17.0 Å². The van der Waals surface area contributed by atoms with Gasteiger partial charge in [0.15, 0.2) is 5.78 Å². The molecule has 2 saturated heterocycles. The number of hydrogen-bond donors (Lipinski definition) is 0. The molecule has 0 unspecified atom stereocenters. The lowest BCUT2D eigenvalue weighted by molar-refractivity contribution is -0.133.